The Bertz CT molecular complexity index is 636. The number of nitrogens with two attached hydrogens (primary N) is 1. The van der Waals surface area contributed by atoms with Gasteiger partial charge in [0.25, 0.3) is 0 Å². The Hall–Kier alpha value is -2.02. The zero-order chi connectivity index (χ0) is 15.6. The van der Waals surface area contributed by atoms with Gasteiger partial charge in [0.15, 0.2) is 0 Å². The third kappa shape index (κ3) is 3.75. The first-order valence-corrected chi connectivity index (χ1v) is 6.40. The standard InChI is InChI=1S/C14H16F3N3O/c1-20(8-14(15,16)17)13(21)11(18)6-9-7-19-12-5-3-2-4-10(9)12/h2-5,7,11,19H,6,8,18H2,1H3/t11-/m1/s1. The molecule has 0 fully saturated rings. The van der Waals surface area contributed by atoms with E-state index in [0.29, 0.717) is 4.90 Å². The summed E-state index contributed by atoms with van der Waals surface area (Å²) in [6, 6.07) is 6.46. The van der Waals surface area contributed by atoms with Crippen molar-refractivity contribution in [2.45, 2.75) is 18.6 Å². The second kappa shape index (κ2) is 5.77. The summed E-state index contributed by atoms with van der Waals surface area (Å²) in [5, 5.41) is 0.916. The van der Waals surface area contributed by atoms with Crippen LogP contribution in [0.2, 0.25) is 0 Å². The molecule has 0 radical (unpaired) electrons. The topological polar surface area (TPSA) is 62.1 Å². The fourth-order valence-corrected chi connectivity index (χ4v) is 2.25. The molecule has 0 aliphatic rings. The Morgan fingerprint density at radius 2 is 2.05 bits per heavy atom. The zero-order valence-electron chi connectivity index (χ0n) is 11.4. The van der Waals surface area contributed by atoms with Gasteiger partial charge in [-0.25, -0.2) is 0 Å². The number of benzene rings is 1. The number of likely N-dealkylation sites (N-methyl/N-ethyl adjacent to an activating group) is 1. The maximum absolute atomic E-state index is 12.3. The molecule has 3 N–H and O–H groups in total. The molecule has 4 nitrogen and oxygen atoms in total. The van der Waals surface area contributed by atoms with E-state index >= 15 is 0 Å². The highest BCUT2D eigenvalue weighted by molar-refractivity contribution is 5.86. The van der Waals surface area contributed by atoms with Crippen LogP contribution in [0.3, 0.4) is 0 Å². The first-order chi connectivity index (χ1) is 9.78. The molecule has 1 heterocycles. The highest BCUT2D eigenvalue weighted by Crippen LogP contribution is 2.20. The Balaban J connectivity index is 2.07. The number of amides is 1. The van der Waals surface area contributed by atoms with Crippen LogP contribution in [-0.2, 0) is 11.2 Å². The minimum absolute atomic E-state index is 0.186. The molecule has 114 valence electrons. The van der Waals surface area contributed by atoms with E-state index in [4.69, 9.17) is 5.73 Å². The lowest BCUT2D eigenvalue weighted by atomic mass is 10.0. The molecule has 1 aromatic carbocycles. The first kappa shape index (κ1) is 15.4. The highest BCUT2D eigenvalue weighted by atomic mass is 19.4. The largest absolute Gasteiger partial charge is 0.406 e. The molecule has 0 aliphatic carbocycles. The number of aromatic nitrogens is 1. The molecule has 0 spiro atoms. The van der Waals surface area contributed by atoms with Gasteiger partial charge in [-0.1, -0.05) is 18.2 Å². The molecule has 21 heavy (non-hydrogen) atoms. The summed E-state index contributed by atoms with van der Waals surface area (Å²) in [5.74, 6) is -0.724. The number of hydrogen-bond donors (Lipinski definition) is 2. The fourth-order valence-electron chi connectivity index (χ4n) is 2.25. The zero-order valence-corrected chi connectivity index (χ0v) is 11.4. The summed E-state index contributed by atoms with van der Waals surface area (Å²) in [6.07, 6.45) is -2.52. The van der Waals surface area contributed by atoms with E-state index in [-0.39, 0.29) is 6.42 Å². The van der Waals surface area contributed by atoms with Gasteiger partial charge in [0.05, 0.1) is 6.04 Å². The lowest BCUT2D eigenvalue weighted by Crippen LogP contribution is -2.46. The molecule has 0 saturated heterocycles. The second-order valence-corrected chi connectivity index (χ2v) is 4.98. The van der Waals surface area contributed by atoms with Crippen LogP contribution in [0.5, 0.6) is 0 Å². The summed E-state index contributed by atoms with van der Waals surface area (Å²) < 4.78 is 36.8. The van der Waals surface area contributed by atoms with Gasteiger partial charge in [-0.05, 0) is 18.1 Å². The molecule has 1 atom stereocenters. The number of alkyl halides is 3. The maximum Gasteiger partial charge on any atom is 0.406 e. The van der Waals surface area contributed by atoms with Crippen molar-refractivity contribution in [3.05, 3.63) is 36.0 Å². The van der Waals surface area contributed by atoms with Crippen molar-refractivity contribution in [3.8, 4) is 0 Å². The molecule has 2 rings (SSSR count). The summed E-state index contributed by atoms with van der Waals surface area (Å²) in [4.78, 5) is 15.5. The Labute approximate surface area is 119 Å². The summed E-state index contributed by atoms with van der Waals surface area (Å²) in [6.45, 7) is -1.30. The molecular weight excluding hydrogens is 283 g/mol. The molecule has 0 saturated carbocycles. The number of rotatable bonds is 4. The van der Waals surface area contributed by atoms with Crippen LogP contribution in [0.4, 0.5) is 13.2 Å². The van der Waals surface area contributed by atoms with Crippen molar-refractivity contribution in [1.82, 2.24) is 9.88 Å². The molecular formula is C14H16F3N3O. The number of nitrogens with one attached hydrogen (secondary N) is 1. The van der Waals surface area contributed by atoms with E-state index in [2.05, 4.69) is 4.98 Å². The Morgan fingerprint density at radius 3 is 2.71 bits per heavy atom. The monoisotopic (exact) mass is 299 g/mol. The minimum atomic E-state index is -4.43. The summed E-state index contributed by atoms with van der Waals surface area (Å²) >= 11 is 0. The summed E-state index contributed by atoms with van der Waals surface area (Å²) in [5.41, 5.74) is 7.46. The first-order valence-electron chi connectivity index (χ1n) is 6.40. The van der Waals surface area contributed by atoms with Crippen LogP contribution in [0.15, 0.2) is 30.5 Å². The normalized spacial score (nSPS) is 13.4. The highest BCUT2D eigenvalue weighted by Gasteiger charge is 2.32. The van der Waals surface area contributed by atoms with Crippen LogP contribution in [0.1, 0.15) is 5.56 Å². The van der Waals surface area contributed by atoms with Gasteiger partial charge in [-0.3, -0.25) is 4.79 Å². The molecule has 2 aromatic rings. The van der Waals surface area contributed by atoms with Crippen molar-refractivity contribution in [2.24, 2.45) is 5.73 Å². The third-order valence-corrected chi connectivity index (χ3v) is 3.22. The molecule has 1 amide bonds. The van der Waals surface area contributed by atoms with Crippen molar-refractivity contribution < 1.29 is 18.0 Å². The number of carbonyl (C=O) groups excluding carboxylic acids is 1. The number of fused-ring (bicyclic) bond motifs is 1. The lowest BCUT2D eigenvalue weighted by Gasteiger charge is -2.22. The van der Waals surface area contributed by atoms with Crippen LogP contribution in [0.25, 0.3) is 10.9 Å². The number of hydrogen-bond acceptors (Lipinski definition) is 2. The van der Waals surface area contributed by atoms with Crippen molar-refractivity contribution in [2.75, 3.05) is 13.6 Å². The van der Waals surface area contributed by atoms with Crippen molar-refractivity contribution in [1.29, 1.82) is 0 Å². The van der Waals surface area contributed by atoms with E-state index < -0.39 is 24.7 Å². The molecule has 0 unspecified atom stereocenters. The van der Waals surface area contributed by atoms with E-state index in [1.165, 1.54) is 0 Å². The van der Waals surface area contributed by atoms with Crippen molar-refractivity contribution >= 4 is 16.8 Å². The Kier molecular flexibility index (Phi) is 4.22. The molecule has 0 aliphatic heterocycles. The average Bonchev–Trinajstić information content (AvgIpc) is 2.79. The van der Waals surface area contributed by atoms with Gasteiger partial charge in [0.2, 0.25) is 5.91 Å². The number of H-pyrrole nitrogens is 1. The predicted octanol–water partition coefficient (Wildman–Crippen LogP) is 2.06. The number of aromatic amines is 1. The van der Waals surface area contributed by atoms with Gasteiger partial charge in [0, 0.05) is 24.1 Å². The average molecular weight is 299 g/mol. The van der Waals surface area contributed by atoms with Gasteiger partial charge >= 0.3 is 6.18 Å². The quantitative estimate of drug-likeness (QED) is 0.907. The SMILES string of the molecule is CN(CC(F)(F)F)C(=O)[C@H](N)Cc1c[nH]c2ccccc12. The van der Waals surface area contributed by atoms with E-state index in [1.807, 2.05) is 24.3 Å². The van der Waals surface area contributed by atoms with Gasteiger partial charge in [-0.15, -0.1) is 0 Å². The molecule has 1 aromatic heterocycles. The van der Waals surface area contributed by atoms with E-state index in [1.54, 1.807) is 6.20 Å². The van der Waals surface area contributed by atoms with E-state index in [0.717, 1.165) is 23.5 Å². The molecule has 7 heteroatoms. The smallest absolute Gasteiger partial charge is 0.361 e. The predicted molar refractivity (Wildman–Crippen MR) is 73.7 cm³/mol. The van der Waals surface area contributed by atoms with Gasteiger partial charge < -0.3 is 15.6 Å². The second-order valence-electron chi connectivity index (χ2n) is 4.98. The van der Waals surface area contributed by atoms with Crippen LogP contribution < -0.4 is 5.73 Å². The lowest BCUT2D eigenvalue weighted by molar-refractivity contribution is -0.159. The van der Waals surface area contributed by atoms with E-state index in [9.17, 15) is 18.0 Å². The van der Waals surface area contributed by atoms with Crippen LogP contribution in [-0.4, -0.2) is 41.6 Å². The third-order valence-electron chi connectivity index (χ3n) is 3.22. The maximum atomic E-state index is 12.3. The number of nitrogens with zero attached hydrogens (tertiary/aromatic N) is 1. The number of carbonyl (C=O) groups is 1. The van der Waals surface area contributed by atoms with Gasteiger partial charge in [-0.2, -0.15) is 13.2 Å². The fraction of sp³-hybridized carbons (Fsp3) is 0.357. The van der Waals surface area contributed by atoms with Gasteiger partial charge in [0.1, 0.15) is 6.54 Å². The van der Waals surface area contributed by atoms with Crippen molar-refractivity contribution in [3.63, 3.8) is 0 Å². The summed E-state index contributed by atoms with van der Waals surface area (Å²) in [7, 11) is 1.10. The number of halogens is 3. The number of para-hydroxylation sites is 1. The van der Waals surface area contributed by atoms with Crippen LogP contribution in [0, 0.1) is 0 Å². The minimum Gasteiger partial charge on any atom is -0.361 e. The van der Waals surface area contributed by atoms with Crippen LogP contribution >= 0.6 is 0 Å². The molecule has 0 bridgehead atoms. The Morgan fingerprint density at radius 1 is 1.38 bits per heavy atom.